The lowest BCUT2D eigenvalue weighted by Gasteiger charge is -2.10. The van der Waals surface area contributed by atoms with Gasteiger partial charge in [0.05, 0.1) is 5.92 Å². The summed E-state index contributed by atoms with van der Waals surface area (Å²) in [4.78, 5) is 11.4. The van der Waals surface area contributed by atoms with Crippen molar-refractivity contribution in [2.24, 2.45) is 0 Å². The predicted molar refractivity (Wildman–Crippen MR) is 56.0 cm³/mol. The molecule has 1 rings (SSSR count). The van der Waals surface area contributed by atoms with Gasteiger partial charge in [-0.1, -0.05) is 24.8 Å². The molecule has 0 bridgehead atoms. The van der Waals surface area contributed by atoms with Crippen LogP contribution in [0.1, 0.15) is 18.4 Å². The number of benzene rings is 1. The van der Waals surface area contributed by atoms with E-state index in [1.807, 2.05) is 0 Å². The van der Waals surface area contributed by atoms with E-state index in [-0.39, 0.29) is 24.3 Å². The van der Waals surface area contributed by atoms with Crippen molar-refractivity contribution in [2.45, 2.75) is 12.8 Å². The molecule has 0 amide bonds. The Hall–Kier alpha value is -1.64. The summed E-state index contributed by atoms with van der Waals surface area (Å²) < 4.78 is 17.5. The van der Waals surface area contributed by atoms with Gasteiger partial charge in [-0.2, -0.15) is 0 Å². The van der Waals surface area contributed by atoms with E-state index in [9.17, 15) is 9.18 Å². The first kappa shape index (κ1) is 11.4. The molecule has 80 valence electrons. The molecule has 0 fully saturated rings. The molecule has 0 saturated carbocycles. The topological polar surface area (TPSA) is 26.3 Å². The summed E-state index contributed by atoms with van der Waals surface area (Å²) >= 11 is 0. The van der Waals surface area contributed by atoms with E-state index in [1.54, 1.807) is 19.1 Å². The molecule has 0 heterocycles. The van der Waals surface area contributed by atoms with Crippen molar-refractivity contribution in [3.05, 3.63) is 48.3 Å². The zero-order valence-electron chi connectivity index (χ0n) is 8.57. The van der Waals surface area contributed by atoms with Gasteiger partial charge in [0.15, 0.2) is 0 Å². The Labute approximate surface area is 88.4 Å². The summed E-state index contributed by atoms with van der Waals surface area (Å²) in [5, 5.41) is 0. The molecule has 1 aromatic rings. The number of rotatable bonds is 4. The number of hydrogen-bond donors (Lipinski definition) is 0. The maximum atomic E-state index is 12.6. The van der Waals surface area contributed by atoms with E-state index in [0.717, 1.165) is 5.56 Å². The molecule has 0 radical (unpaired) electrons. The van der Waals surface area contributed by atoms with Gasteiger partial charge in [-0.25, -0.2) is 4.39 Å². The first-order valence-electron chi connectivity index (χ1n) is 4.68. The Morgan fingerprint density at radius 3 is 2.67 bits per heavy atom. The average molecular weight is 208 g/mol. The molecule has 1 aromatic carbocycles. The highest BCUT2D eigenvalue weighted by molar-refractivity contribution is 5.77. The Morgan fingerprint density at radius 2 is 2.13 bits per heavy atom. The maximum Gasteiger partial charge on any atom is 0.313 e. The Kier molecular flexibility index (Phi) is 4.03. The van der Waals surface area contributed by atoms with Crippen molar-refractivity contribution in [3.63, 3.8) is 0 Å². The molecule has 0 aliphatic rings. The predicted octanol–water partition coefficient (Wildman–Crippen LogP) is 2.66. The van der Waals surface area contributed by atoms with Crippen LogP contribution in [0.15, 0.2) is 36.9 Å². The first-order chi connectivity index (χ1) is 7.15. The minimum atomic E-state index is -0.384. The van der Waals surface area contributed by atoms with Gasteiger partial charge in [0.2, 0.25) is 0 Å². The number of esters is 1. The van der Waals surface area contributed by atoms with Crippen LogP contribution < -0.4 is 0 Å². The Bertz CT molecular complexity index is 343. The second kappa shape index (κ2) is 5.29. The SMILES string of the molecule is C=CCOC(=O)C(C)c1ccc(F)cc1. The molecular weight excluding hydrogens is 195 g/mol. The highest BCUT2D eigenvalue weighted by Crippen LogP contribution is 2.16. The van der Waals surface area contributed by atoms with Crippen LogP contribution >= 0.6 is 0 Å². The lowest BCUT2D eigenvalue weighted by Crippen LogP contribution is -2.13. The van der Waals surface area contributed by atoms with Crippen LogP contribution in [0.3, 0.4) is 0 Å². The van der Waals surface area contributed by atoms with E-state index in [4.69, 9.17) is 4.74 Å². The van der Waals surface area contributed by atoms with E-state index in [2.05, 4.69) is 6.58 Å². The summed E-state index contributed by atoms with van der Waals surface area (Å²) in [5.74, 6) is -1.03. The van der Waals surface area contributed by atoms with E-state index >= 15 is 0 Å². The third-order valence-electron chi connectivity index (χ3n) is 2.07. The molecule has 3 heteroatoms. The van der Waals surface area contributed by atoms with Crippen molar-refractivity contribution in [2.75, 3.05) is 6.61 Å². The third-order valence-corrected chi connectivity index (χ3v) is 2.07. The molecule has 0 N–H and O–H groups in total. The zero-order chi connectivity index (χ0) is 11.3. The number of carbonyl (C=O) groups excluding carboxylic acids is 1. The van der Waals surface area contributed by atoms with Crippen molar-refractivity contribution in [1.82, 2.24) is 0 Å². The van der Waals surface area contributed by atoms with Gasteiger partial charge in [-0.3, -0.25) is 4.79 Å². The third kappa shape index (κ3) is 3.20. The van der Waals surface area contributed by atoms with Crippen LogP contribution in [0.2, 0.25) is 0 Å². The first-order valence-corrected chi connectivity index (χ1v) is 4.68. The van der Waals surface area contributed by atoms with Crippen molar-refractivity contribution in [3.8, 4) is 0 Å². The second-order valence-electron chi connectivity index (χ2n) is 3.19. The summed E-state index contributed by atoms with van der Waals surface area (Å²) in [6.07, 6.45) is 1.51. The minimum absolute atomic E-state index is 0.199. The summed E-state index contributed by atoms with van der Waals surface area (Å²) in [5.41, 5.74) is 0.741. The summed E-state index contributed by atoms with van der Waals surface area (Å²) in [7, 11) is 0. The van der Waals surface area contributed by atoms with E-state index < -0.39 is 0 Å². The minimum Gasteiger partial charge on any atom is -0.461 e. The standard InChI is InChI=1S/C12H13FO2/c1-3-8-15-12(14)9(2)10-4-6-11(13)7-5-10/h3-7,9H,1,8H2,2H3. The molecule has 0 aromatic heterocycles. The van der Waals surface area contributed by atoms with E-state index in [0.29, 0.717) is 0 Å². The fourth-order valence-electron chi connectivity index (χ4n) is 1.15. The molecule has 0 aliphatic carbocycles. The molecule has 2 nitrogen and oxygen atoms in total. The lowest BCUT2D eigenvalue weighted by molar-refractivity contribution is -0.143. The molecule has 1 unspecified atom stereocenters. The van der Waals surface area contributed by atoms with Gasteiger partial charge in [-0.05, 0) is 24.6 Å². The second-order valence-corrected chi connectivity index (χ2v) is 3.19. The summed E-state index contributed by atoms with van der Waals surface area (Å²) in [6, 6.07) is 5.81. The number of halogens is 1. The van der Waals surface area contributed by atoms with Crippen LogP contribution in [-0.4, -0.2) is 12.6 Å². The molecule has 0 saturated heterocycles. The maximum absolute atomic E-state index is 12.6. The molecule has 15 heavy (non-hydrogen) atoms. The molecule has 0 aliphatic heterocycles. The fraction of sp³-hybridized carbons (Fsp3) is 0.250. The quantitative estimate of drug-likeness (QED) is 0.561. The van der Waals surface area contributed by atoms with Crippen LogP contribution in [0, 0.1) is 5.82 Å². The Morgan fingerprint density at radius 1 is 1.53 bits per heavy atom. The van der Waals surface area contributed by atoms with Gasteiger partial charge in [-0.15, -0.1) is 0 Å². The van der Waals surface area contributed by atoms with Gasteiger partial charge >= 0.3 is 5.97 Å². The average Bonchev–Trinajstić information content (AvgIpc) is 2.26. The van der Waals surface area contributed by atoms with Crippen LogP contribution in [0.4, 0.5) is 4.39 Å². The molecular formula is C12H13FO2. The van der Waals surface area contributed by atoms with Gasteiger partial charge in [0.1, 0.15) is 12.4 Å². The van der Waals surface area contributed by atoms with Crippen LogP contribution in [-0.2, 0) is 9.53 Å². The smallest absolute Gasteiger partial charge is 0.313 e. The Balaban J connectivity index is 2.67. The van der Waals surface area contributed by atoms with E-state index in [1.165, 1.54) is 18.2 Å². The fourth-order valence-corrected chi connectivity index (χ4v) is 1.15. The van der Waals surface area contributed by atoms with Crippen molar-refractivity contribution < 1.29 is 13.9 Å². The number of ether oxygens (including phenoxy) is 1. The zero-order valence-corrected chi connectivity index (χ0v) is 8.57. The summed E-state index contributed by atoms with van der Waals surface area (Å²) in [6.45, 7) is 5.37. The largest absolute Gasteiger partial charge is 0.461 e. The van der Waals surface area contributed by atoms with Gasteiger partial charge in [0.25, 0.3) is 0 Å². The van der Waals surface area contributed by atoms with Crippen LogP contribution in [0.25, 0.3) is 0 Å². The molecule has 0 spiro atoms. The highest BCUT2D eigenvalue weighted by Gasteiger charge is 2.15. The monoisotopic (exact) mass is 208 g/mol. The van der Waals surface area contributed by atoms with Crippen LogP contribution in [0.5, 0.6) is 0 Å². The normalized spacial score (nSPS) is 11.9. The lowest BCUT2D eigenvalue weighted by atomic mass is 10.0. The van der Waals surface area contributed by atoms with Gasteiger partial charge < -0.3 is 4.74 Å². The number of hydrogen-bond acceptors (Lipinski definition) is 2. The highest BCUT2D eigenvalue weighted by atomic mass is 19.1. The molecule has 1 atom stereocenters. The van der Waals surface area contributed by atoms with Gasteiger partial charge in [0, 0.05) is 0 Å². The van der Waals surface area contributed by atoms with Crippen molar-refractivity contribution in [1.29, 1.82) is 0 Å². The van der Waals surface area contributed by atoms with Crippen molar-refractivity contribution >= 4 is 5.97 Å². The number of carbonyl (C=O) groups is 1.